The van der Waals surface area contributed by atoms with Gasteiger partial charge in [0.2, 0.25) is 0 Å². The summed E-state index contributed by atoms with van der Waals surface area (Å²) in [6, 6.07) is 8.64. The van der Waals surface area contributed by atoms with Gasteiger partial charge < -0.3 is 14.8 Å². The molecule has 0 aliphatic carbocycles. The van der Waals surface area contributed by atoms with Crippen molar-refractivity contribution < 1.29 is 0 Å². The molecule has 1 N–H and O–H groups in total. The number of nitrogens with zero attached hydrogens (tertiary/aromatic N) is 5. The molecule has 0 unspecified atom stereocenters. The van der Waals surface area contributed by atoms with Crippen LogP contribution in [0.2, 0.25) is 0 Å². The van der Waals surface area contributed by atoms with Crippen molar-refractivity contribution in [3.05, 3.63) is 41.2 Å². The average Bonchev–Trinajstić information content (AvgIpc) is 3.04. The van der Waals surface area contributed by atoms with Crippen LogP contribution in [0.5, 0.6) is 0 Å². The summed E-state index contributed by atoms with van der Waals surface area (Å²) in [6.45, 7) is 9.21. The van der Waals surface area contributed by atoms with Gasteiger partial charge in [0.15, 0.2) is 11.1 Å². The molecule has 0 radical (unpaired) electrons. The maximum atomic E-state index is 4.42. The molecule has 8 heteroatoms. The maximum absolute atomic E-state index is 4.42. The van der Waals surface area contributed by atoms with Crippen LogP contribution in [0, 0.1) is 12.8 Å². The molecular formula is C21H35IN6S. The number of guanidine groups is 1. The molecule has 0 saturated carbocycles. The van der Waals surface area contributed by atoms with Crippen molar-refractivity contribution in [3.63, 3.8) is 0 Å². The average molecular weight is 531 g/mol. The zero-order chi connectivity index (χ0) is 20.5. The third kappa shape index (κ3) is 8.16. The molecule has 1 heterocycles. The van der Waals surface area contributed by atoms with E-state index in [0.29, 0.717) is 5.92 Å². The van der Waals surface area contributed by atoms with Gasteiger partial charge in [0.25, 0.3) is 0 Å². The number of benzene rings is 1. The lowest BCUT2D eigenvalue weighted by molar-refractivity contribution is 0.469. The maximum Gasteiger partial charge on any atom is 0.193 e. The number of rotatable bonds is 9. The third-order valence-corrected chi connectivity index (χ3v) is 5.16. The molecule has 0 atom stereocenters. The van der Waals surface area contributed by atoms with E-state index < -0.39 is 0 Å². The number of halogens is 1. The molecule has 2 aromatic rings. The van der Waals surface area contributed by atoms with E-state index in [0.717, 1.165) is 49.4 Å². The number of aryl methyl sites for hydroxylation is 2. The van der Waals surface area contributed by atoms with E-state index in [-0.39, 0.29) is 24.0 Å². The third-order valence-electron chi connectivity index (χ3n) is 4.50. The lowest BCUT2D eigenvalue weighted by Gasteiger charge is -2.22. The SMILES string of the molecule is CN=C(NCCCc1nnc(SC)n1CC(C)C)N(C)Cc1ccc(C)cc1.I. The minimum Gasteiger partial charge on any atom is -0.356 e. The van der Waals surface area contributed by atoms with Crippen molar-refractivity contribution in [1.82, 2.24) is 25.0 Å². The topological polar surface area (TPSA) is 58.3 Å². The normalized spacial score (nSPS) is 11.5. The second-order valence-corrected chi connectivity index (χ2v) is 8.30. The Kier molecular flexibility index (Phi) is 11.6. The molecule has 162 valence electrons. The van der Waals surface area contributed by atoms with Gasteiger partial charge in [-0.1, -0.05) is 55.4 Å². The lowest BCUT2D eigenvalue weighted by atomic mass is 10.1. The highest BCUT2D eigenvalue weighted by atomic mass is 127. The first-order chi connectivity index (χ1) is 13.4. The molecule has 0 saturated heterocycles. The number of nitrogens with one attached hydrogen (secondary N) is 1. The van der Waals surface area contributed by atoms with Crippen molar-refractivity contribution >= 4 is 41.7 Å². The van der Waals surface area contributed by atoms with E-state index in [9.17, 15) is 0 Å². The summed E-state index contributed by atoms with van der Waals surface area (Å²) in [4.78, 5) is 6.57. The van der Waals surface area contributed by atoms with E-state index >= 15 is 0 Å². The monoisotopic (exact) mass is 530 g/mol. The molecule has 0 bridgehead atoms. The Balaban J connectivity index is 0.00000420. The van der Waals surface area contributed by atoms with Crippen LogP contribution in [0.3, 0.4) is 0 Å². The van der Waals surface area contributed by atoms with Crippen LogP contribution >= 0.6 is 35.7 Å². The zero-order valence-corrected chi connectivity index (χ0v) is 21.6. The molecule has 0 aliphatic rings. The van der Waals surface area contributed by atoms with Crippen LogP contribution in [0.4, 0.5) is 0 Å². The minimum atomic E-state index is 0. The Bertz CT molecular complexity index is 757. The summed E-state index contributed by atoms with van der Waals surface area (Å²) in [5, 5.41) is 13.2. The summed E-state index contributed by atoms with van der Waals surface area (Å²) < 4.78 is 2.26. The predicted octanol–water partition coefficient (Wildman–Crippen LogP) is 4.22. The van der Waals surface area contributed by atoms with E-state index in [1.165, 1.54) is 11.1 Å². The van der Waals surface area contributed by atoms with E-state index in [1.807, 2.05) is 7.05 Å². The van der Waals surface area contributed by atoms with Gasteiger partial charge >= 0.3 is 0 Å². The smallest absolute Gasteiger partial charge is 0.193 e. The highest BCUT2D eigenvalue weighted by Crippen LogP contribution is 2.16. The number of aromatic nitrogens is 3. The molecule has 6 nitrogen and oxygen atoms in total. The summed E-state index contributed by atoms with van der Waals surface area (Å²) in [6.07, 6.45) is 3.95. The van der Waals surface area contributed by atoms with Crippen LogP contribution in [0.25, 0.3) is 0 Å². The molecular weight excluding hydrogens is 495 g/mol. The fourth-order valence-electron chi connectivity index (χ4n) is 3.08. The van der Waals surface area contributed by atoms with Crippen molar-refractivity contribution in [2.24, 2.45) is 10.9 Å². The minimum absolute atomic E-state index is 0. The molecule has 0 fully saturated rings. The van der Waals surface area contributed by atoms with Crippen molar-refractivity contribution in [1.29, 1.82) is 0 Å². The second-order valence-electron chi connectivity index (χ2n) is 7.53. The van der Waals surface area contributed by atoms with Crippen molar-refractivity contribution in [3.8, 4) is 0 Å². The highest BCUT2D eigenvalue weighted by Gasteiger charge is 2.12. The Hall–Kier alpha value is -1.29. The van der Waals surface area contributed by atoms with Gasteiger partial charge in [0.05, 0.1) is 0 Å². The van der Waals surface area contributed by atoms with Gasteiger partial charge in [-0.25, -0.2) is 0 Å². The van der Waals surface area contributed by atoms with Crippen LogP contribution in [-0.2, 0) is 19.5 Å². The number of thioether (sulfide) groups is 1. The van der Waals surface area contributed by atoms with E-state index in [2.05, 4.69) is 88.3 Å². The van der Waals surface area contributed by atoms with Gasteiger partial charge in [0, 0.05) is 40.2 Å². The Labute approximate surface area is 197 Å². The Morgan fingerprint density at radius 3 is 2.52 bits per heavy atom. The van der Waals surface area contributed by atoms with Crippen molar-refractivity contribution in [2.45, 2.75) is 51.9 Å². The fraction of sp³-hybridized carbons (Fsp3) is 0.571. The van der Waals surface area contributed by atoms with Crippen LogP contribution in [0.15, 0.2) is 34.4 Å². The molecule has 2 rings (SSSR count). The van der Waals surface area contributed by atoms with Gasteiger partial charge in [-0.05, 0) is 31.1 Å². The van der Waals surface area contributed by atoms with Gasteiger partial charge in [0.1, 0.15) is 5.82 Å². The molecule has 1 aromatic heterocycles. The molecule has 29 heavy (non-hydrogen) atoms. The van der Waals surface area contributed by atoms with Crippen LogP contribution in [0.1, 0.15) is 37.2 Å². The second kappa shape index (κ2) is 13.1. The summed E-state index contributed by atoms with van der Waals surface area (Å²) >= 11 is 1.66. The first kappa shape index (κ1) is 25.7. The number of hydrogen-bond donors (Lipinski definition) is 1. The predicted molar refractivity (Wildman–Crippen MR) is 134 cm³/mol. The summed E-state index contributed by atoms with van der Waals surface area (Å²) in [5.41, 5.74) is 2.56. The highest BCUT2D eigenvalue weighted by molar-refractivity contribution is 14.0. The van der Waals surface area contributed by atoms with Crippen LogP contribution in [-0.4, -0.2) is 52.5 Å². The fourth-order valence-corrected chi connectivity index (χ4v) is 3.60. The van der Waals surface area contributed by atoms with Crippen molar-refractivity contribution in [2.75, 3.05) is 26.9 Å². The molecule has 0 spiro atoms. The Morgan fingerprint density at radius 1 is 1.24 bits per heavy atom. The van der Waals surface area contributed by atoms with Crippen LogP contribution < -0.4 is 5.32 Å². The number of hydrogen-bond acceptors (Lipinski definition) is 4. The molecule has 0 aliphatic heterocycles. The summed E-state index contributed by atoms with van der Waals surface area (Å²) in [5.74, 6) is 2.56. The van der Waals surface area contributed by atoms with Gasteiger partial charge in [-0.2, -0.15) is 0 Å². The summed E-state index contributed by atoms with van der Waals surface area (Å²) in [7, 11) is 3.90. The quantitative estimate of drug-likeness (QED) is 0.173. The zero-order valence-electron chi connectivity index (χ0n) is 18.5. The molecule has 0 amide bonds. The van der Waals surface area contributed by atoms with E-state index in [1.54, 1.807) is 11.8 Å². The molecule has 1 aromatic carbocycles. The Morgan fingerprint density at radius 2 is 1.93 bits per heavy atom. The number of aliphatic imine (C=N–C) groups is 1. The first-order valence-corrected chi connectivity index (χ1v) is 11.1. The van der Waals surface area contributed by atoms with Gasteiger partial charge in [-0.15, -0.1) is 34.2 Å². The van der Waals surface area contributed by atoms with Gasteiger partial charge in [-0.3, -0.25) is 4.99 Å². The first-order valence-electron chi connectivity index (χ1n) is 9.88. The van der Waals surface area contributed by atoms with E-state index in [4.69, 9.17) is 0 Å². The standard InChI is InChI=1S/C21H34N6S.HI/c1-16(2)14-27-19(24-25-21(27)28-6)8-7-13-23-20(22-4)26(5)15-18-11-9-17(3)10-12-18;/h9-12,16H,7-8,13-15H2,1-6H3,(H,22,23);1H. The lowest BCUT2D eigenvalue weighted by Crippen LogP contribution is -2.39. The largest absolute Gasteiger partial charge is 0.356 e.